The largest absolute Gasteiger partial charge is 0.300 e. The monoisotopic (exact) mass is 210 g/mol. The van der Waals surface area contributed by atoms with Crippen LogP contribution in [0.5, 0.6) is 0 Å². The first-order valence-corrected chi connectivity index (χ1v) is 5.72. The van der Waals surface area contributed by atoms with E-state index in [0.29, 0.717) is 18.6 Å². The first kappa shape index (κ1) is 11.2. The molecule has 0 amide bonds. The number of Topliss-reactive ketones (excluding diaryl/α,β-unsaturated/α-hetero) is 1. The predicted octanol–water partition coefficient (Wildman–Crippen LogP) is 2.33. The summed E-state index contributed by atoms with van der Waals surface area (Å²) in [6.07, 6.45) is 5.54. The van der Waals surface area contributed by atoms with Crippen LogP contribution in [0.3, 0.4) is 0 Å². The minimum Gasteiger partial charge on any atom is -0.300 e. The molecule has 14 heavy (non-hydrogen) atoms. The van der Waals surface area contributed by atoms with Gasteiger partial charge in [0.1, 0.15) is 12.1 Å². The van der Waals surface area contributed by atoms with E-state index in [1.165, 1.54) is 0 Å². The highest BCUT2D eigenvalue weighted by atomic mass is 32.2. The highest BCUT2D eigenvalue weighted by molar-refractivity contribution is 7.99. The lowest BCUT2D eigenvalue weighted by Crippen LogP contribution is -1.95. The molecule has 0 bridgehead atoms. The molecule has 1 aromatic heterocycles. The normalized spacial score (nSPS) is 10.1. The van der Waals surface area contributed by atoms with Crippen molar-refractivity contribution in [2.45, 2.75) is 31.2 Å². The molecule has 0 aliphatic rings. The molecule has 4 heteroatoms. The van der Waals surface area contributed by atoms with Crippen LogP contribution in [0.2, 0.25) is 0 Å². The quantitative estimate of drug-likeness (QED) is 0.410. The van der Waals surface area contributed by atoms with E-state index in [-0.39, 0.29) is 0 Å². The van der Waals surface area contributed by atoms with Crippen LogP contribution < -0.4 is 0 Å². The van der Waals surface area contributed by atoms with Crippen molar-refractivity contribution in [3.05, 3.63) is 18.6 Å². The Bertz CT molecular complexity index is 277. The highest BCUT2D eigenvalue weighted by Crippen LogP contribution is 2.15. The van der Waals surface area contributed by atoms with Crippen molar-refractivity contribution in [3.63, 3.8) is 0 Å². The fourth-order valence-corrected chi connectivity index (χ4v) is 1.76. The van der Waals surface area contributed by atoms with Gasteiger partial charge >= 0.3 is 0 Å². The van der Waals surface area contributed by atoms with Crippen molar-refractivity contribution in [2.24, 2.45) is 0 Å². The number of ketones is 1. The van der Waals surface area contributed by atoms with Crippen molar-refractivity contribution in [3.8, 4) is 0 Å². The fourth-order valence-electron chi connectivity index (χ4n) is 0.987. The number of aromatic nitrogens is 2. The van der Waals surface area contributed by atoms with Crippen LogP contribution in [0.15, 0.2) is 23.6 Å². The van der Waals surface area contributed by atoms with E-state index in [1.54, 1.807) is 24.3 Å². The molecule has 0 aromatic carbocycles. The van der Waals surface area contributed by atoms with Gasteiger partial charge in [0.2, 0.25) is 0 Å². The summed E-state index contributed by atoms with van der Waals surface area (Å²) in [6, 6.07) is 1.88. The van der Waals surface area contributed by atoms with Gasteiger partial charge in [-0.25, -0.2) is 9.97 Å². The summed E-state index contributed by atoms with van der Waals surface area (Å²) in [5.41, 5.74) is 0. The Morgan fingerprint density at radius 1 is 1.57 bits per heavy atom. The van der Waals surface area contributed by atoms with Gasteiger partial charge < -0.3 is 0 Å². The molecule has 1 aromatic rings. The molecule has 1 heterocycles. The summed E-state index contributed by atoms with van der Waals surface area (Å²) in [7, 11) is 0. The van der Waals surface area contributed by atoms with Gasteiger partial charge in [-0.2, -0.15) is 0 Å². The van der Waals surface area contributed by atoms with E-state index in [1.807, 2.05) is 13.0 Å². The zero-order chi connectivity index (χ0) is 10.2. The van der Waals surface area contributed by atoms with Gasteiger partial charge in [0.05, 0.1) is 5.03 Å². The zero-order valence-electron chi connectivity index (χ0n) is 8.27. The van der Waals surface area contributed by atoms with Gasteiger partial charge in [0.15, 0.2) is 0 Å². The molecule has 0 fully saturated rings. The maximum absolute atomic E-state index is 11.0. The van der Waals surface area contributed by atoms with Crippen molar-refractivity contribution in [2.75, 3.05) is 5.75 Å². The Kier molecular flexibility index (Phi) is 5.22. The van der Waals surface area contributed by atoms with Crippen LogP contribution in [0.25, 0.3) is 0 Å². The molecule has 1 rings (SSSR count). The Hall–Kier alpha value is -0.900. The molecule has 0 spiro atoms. The van der Waals surface area contributed by atoms with Gasteiger partial charge in [-0.05, 0) is 18.2 Å². The number of rotatable bonds is 6. The Balaban J connectivity index is 2.13. The van der Waals surface area contributed by atoms with Crippen molar-refractivity contribution >= 4 is 17.5 Å². The first-order chi connectivity index (χ1) is 6.83. The summed E-state index contributed by atoms with van der Waals surface area (Å²) in [4.78, 5) is 18.9. The smallest absolute Gasteiger partial charge is 0.132 e. The number of nitrogens with zero attached hydrogens (tertiary/aromatic N) is 2. The predicted molar refractivity (Wildman–Crippen MR) is 57.3 cm³/mol. The lowest BCUT2D eigenvalue weighted by molar-refractivity contribution is -0.118. The molecular formula is C10H14N2OS. The third-order valence-electron chi connectivity index (χ3n) is 1.80. The SMILES string of the molecule is CCC(=O)CCCSc1ccncn1. The third-order valence-corrected chi connectivity index (χ3v) is 2.83. The number of hydrogen-bond acceptors (Lipinski definition) is 4. The average Bonchev–Trinajstić information content (AvgIpc) is 2.25. The second-order valence-corrected chi connectivity index (χ2v) is 4.01. The van der Waals surface area contributed by atoms with E-state index in [0.717, 1.165) is 17.2 Å². The molecule has 0 unspecified atom stereocenters. The molecule has 0 radical (unpaired) electrons. The average molecular weight is 210 g/mol. The standard InChI is InChI=1S/C10H14N2OS/c1-2-9(13)4-3-7-14-10-5-6-11-8-12-10/h5-6,8H,2-4,7H2,1H3. The van der Waals surface area contributed by atoms with E-state index >= 15 is 0 Å². The van der Waals surface area contributed by atoms with Crippen LogP contribution in [-0.4, -0.2) is 21.5 Å². The van der Waals surface area contributed by atoms with Crippen LogP contribution in [0, 0.1) is 0 Å². The van der Waals surface area contributed by atoms with E-state index in [9.17, 15) is 4.79 Å². The molecule has 0 N–H and O–H groups in total. The molecule has 0 atom stereocenters. The highest BCUT2D eigenvalue weighted by Gasteiger charge is 1.99. The summed E-state index contributed by atoms with van der Waals surface area (Å²) in [5.74, 6) is 1.29. The number of carbonyl (C=O) groups excluding carboxylic acids is 1. The molecular weight excluding hydrogens is 196 g/mol. The van der Waals surface area contributed by atoms with Crippen molar-refractivity contribution in [1.29, 1.82) is 0 Å². The van der Waals surface area contributed by atoms with Gasteiger partial charge in [-0.1, -0.05) is 6.92 Å². The topological polar surface area (TPSA) is 42.9 Å². The lowest BCUT2D eigenvalue weighted by atomic mass is 10.2. The molecule has 76 valence electrons. The van der Waals surface area contributed by atoms with Crippen LogP contribution in [0.4, 0.5) is 0 Å². The number of carbonyl (C=O) groups is 1. The number of hydrogen-bond donors (Lipinski definition) is 0. The lowest BCUT2D eigenvalue weighted by Gasteiger charge is -1.98. The van der Waals surface area contributed by atoms with Crippen LogP contribution >= 0.6 is 11.8 Å². The summed E-state index contributed by atoms with van der Waals surface area (Å²) >= 11 is 1.67. The minimum absolute atomic E-state index is 0.341. The first-order valence-electron chi connectivity index (χ1n) is 4.73. The molecule has 0 aliphatic heterocycles. The summed E-state index contributed by atoms with van der Waals surface area (Å²) in [5, 5.41) is 0.976. The Labute approximate surface area is 88.3 Å². The van der Waals surface area contributed by atoms with Crippen LogP contribution in [-0.2, 0) is 4.79 Å². The van der Waals surface area contributed by atoms with Gasteiger partial charge in [0, 0.05) is 19.0 Å². The van der Waals surface area contributed by atoms with Crippen molar-refractivity contribution in [1.82, 2.24) is 9.97 Å². The van der Waals surface area contributed by atoms with E-state index in [2.05, 4.69) is 9.97 Å². The molecule has 0 aliphatic carbocycles. The Morgan fingerprint density at radius 3 is 3.07 bits per heavy atom. The number of thioether (sulfide) groups is 1. The maximum Gasteiger partial charge on any atom is 0.132 e. The molecule has 0 saturated heterocycles. The minimum atomic E-state index is 0.341. The van der Waals surface area contributed by atoms with Crippen molar-refractivity contribution < 1.29 is 4.79 Å². The Morgan fingerprint density at radius 2 is 2.43 bits per heavy atom. The van der Waals surface area contributed by atoms with Gasteiger partial charge in [-0.15, -0.1) is 11.8 Å². The summed E-state index contributed by atoms with van der Waals surface area (Å²) < 4.78 is 0. The maximum atomic E-state index is 11.0. The molecule has 0 saturated carbocycles. The molecule has 3 nitrogen and oxygen atoms in total. The fraction of sp³-hybridized carbons (Fsp3) is 0.500. The van der Waals surface area contributed by atoms with E-state index in [4.69, 9.17) is 0 Å². The van der Waals surface area contributed by atoms with Gasteiger partial charge in [0.25, 0.3) is 0 Å². The van der Waals surface area contributed by atoms with E-state index < -0.39 is 0 Å². The second-order valence-electron chi connectivity index (χ2n) is 2.89. The second kappa shape index (κ2) is 6.54. The van der Waals surface area contributed by atoms with Gasteiger partial charge in [-0.3, -0.25) is 4.79 Å². The summed E-state index contributed by atoms with van der Waals surface area (Å²) in [6.45, 7) is 1.90. The third kappa shape index (κ3) is 4.37. The zero-order valence-corrected chi connectivity index (χ0v) is 9.09. The van der Waals surface area contributed by atoms with Crippen LogP contribution in [0.1, 0.15) is 26.2 Å².